The van der Waals surface area contributed by atoms with Gasteiger partial charge in [0, 0.05) is 0 Å². The number of ether oxygens (including phenoxy) is 2. The third-order valence-corrected chi connectivity index (χ3v) is 4.96. The first-order chi connectivity index (χ1) is 8.28. The Kier molecular flexibility index (Phi) is 3.45. The molecule has 98 valence electrons. The van der Waals surface area contributed by atoms with Crippen LogP contribution in [0.15, 0.2) is 0 Å². The van der Waals surface area contributed by atoms with Crippen molar-refractivity contribution in [1.82, 2.24) is 0 Å². The van der Waals surface area contributed by atoms with Crippen molar-refractivity contribution >= 4 is 0 Å². The molecule has 0 radical (unpaired) electrons. The second kappa shape index (κ2) is 4.89. The Morgan fingerprint density at radius 1 is 0.941 bits per heavy atom. The van der Waals surface area contributed by atoms with Crippen molar-refractivity contribution in [3.63, 3.8) is 0 Å². The zero-order valence-electron chi connectivity index (χ0n) is 11.2. The van der Waals surface area contributed by atoms with Gasteiger partial charge >= 0.3 is 0 Å². The molecule has 2 nitrogen and oxygen atoms in total. The third-order valence-electron chi connectivity index (χ3n) is 4.96. The smallest absolute Gasteiger partial charge is 0.0844 e. The van der Waals surface area contributed by atoms with Crippen LogP contribution in [0.4, 0.5) is 0 Å². The Morgan fingerprint density at radius 2 is 1.71 bits per heavy atom. The molecule has 0 bridgehead atoms. The summed E-state index contributed by atoms with van der Waals surface area (Å²) in [6.07, 6.45) is 11.7. The molecule has 0 amide bonds. The average Bonchev–Trinajstić information content (AvgIpc) is 3.17. The molecule has 0 aromatic rings. The van der Waals surface area contributed by atoms with Crippen molar-refractivity contribution in [2.75, 3.05) is 0 Å². The molecule has 1 aliphatic carbocycles. The molecule has 1 saturated carbocycles. The summed E-state index contributed by atoms with van der Waals surface area (Å²) in [5.74, 6) is 1.80. The van der Waals surface area contributed by atoms with Gasteiger partial charge in [0.2, 0.25) is 0 Å². The number of epoxide rings is 2. The number of hydrogen-bond donors (Lipinski definition) is 0. The van der Waals surface area contributed by atoms with Crippen molar-refractivity contribution in [2.24, 2.45) is 11.8 Å². The van der Waals surface area contributed by atoms with Crippen LogP contribution in [0.5, 0.6) is 0 Å². The Hall–Kier alpha value is -0.0800. The minimum absolute atomic E-state index is 0.610. The third kappa shape index (κ3) is 2.85. The number of hydrogen-bond acceptors (Lipinski definition) is 2. The monoisotopic (exact) mass is 238 g/mol. The average molecular weight is 238 g/mol. The van der Waals surface area contributed by atoms with E-state index in [1.165, 1.54) is 44.9 Å². The lowest BCUT2D eigenvalue weighted by molar-refractivity contribution is 0.257. The molecule has 2 heterocycles. The lowest BCUT2D eigenvalue weighted by atomic mass is 9.78. The molecule has 2 aliphatic heterocycles. The van der Waals surface area contributed by atoms with Gasteiger partial charge < -0.3 is 9.47 Å². The largest absolute Gasteiger partial charge is 0.370 e. The standard InChI is InChI=1S/C15H26O2/c1-3-5-12-13(16-12)7-4-6-11-9-15-14(17-15)8-10(11)2/h10-15H,3-9H2,1-2H3. The van der Waals surface area contributed by atoms with Gasteiger partial charge in [-0.15, -0.1) is 0 Å². The number of fused-ring (bicyclic) bond motifs is 1. The molecule has 3 rings (SSSR count). The van der Waals surface area contributed by atoms with Crippen LogP contribution >= 0.6 is 0 Å². The van der Waals surface area contributed by atoms with E-state index in [2.05, 4.69) is 13.8 Å². The zero-order valence-corrected chi connectivity index (χ0v) is 11.2. The van der Waals surface area contributed by atoms with E-state index in [9.17, 15) is 0 Å². The fourth-order valence-corrected chi connectivity index (χ4v) is 3.64. The second-order valence-corrected chi connectivity index (χ2v) is 6.35. The minimum Gasteiger partial charge on any atom is -0.370 e. The Morgan fingerprint density at radius 3 is 2.53 bits per heavy atom. The Balaban J connectivity index is 1.32. The highest BCUT2D eigenvalue weighted by molar-refractivity contribution is 4.94. The molecule has 0 N–H and O–H groups in total. The summed E-state index contributed by atoms with van der Waals surface area (Å²) in [5, 5.41) is 0. The van der Waals surface area contributed by atoms with Crippen molar-refractivity contribution in [3.8, 4) is 0 Å². The highest BCUT2D eigenvalue weighted by atomic mass is 16.6. The summed E-state index contributed by atoms with van der Waals surface area (Å²) in [7, 11) is 0. The van der Waals surface area contributed by atoms with E-state index in [1.54, 1.807) is 0 Å². The molecule has 0 aromatic heterocycles. The molecule has 0 spiro atoms. The predicted octanol–water partition coefficient (Wildman–Crippen LogP) is 3.54. The van der Waals surface area contributed by atoms with Gasteiger partial charge in [-0.2, -0.15) is 0 Å². The van der Waals surface area contributed by atoms with Crippen LogP contribution in [0.2, 0.25) is 0 Å². The van der Waals surface area contributed by atoms with Crippen molar-refractivity contribution in [2.45, 2.75) is 83.2 Å². The van der Waals surface area contributed by atoms with E-state index in [0.29, 0.717) is 24.4 Å². The van der Waals surface area contributed by atoms with E-state index in [0.717, 1.165) is 11.8 Å². The first-order valence-corrected chi connectivity index (χ1v) is 7.59. The van der Waals surface area contributed by atoms with Gasteiger partial charge in [0.25, 0.3) is 0 Å². The van der Waals surface area contributed by atoms with Gasteiger partial charge in [-0.3, -0.25) is 0 Å². The van der Waals surface area contributed by atoms with Crippen LogP contribution < -0.4 is 0 Å². The predicted molar refractivity (Wildman–Crippen MR) is 68.0 cm³/mol. The molecule has 3 aliphatic rings. The van der Waals surface area contributed by atoms with Gasteiger partial charge in [0.1, 0.15) is 0 Å². The summed E-state index contributed by atoms with van der Waals surface area (Å²) in [6.45, 7) is 4.66. The maximum absolute atomic E-state index is 5.68. The summed E-state index contributed by atoms with van der Waals surface area (Å²) in [4.78, 5) is 0. The van der Waals surface area contributed by atoms with Crippen molar-refractivity contribution < 1.29 is 9.47 Å². The molecule has 6 atom stereocenters. The Labute approximate surface area is 105 Å². The fourth-order valence-electron chi connectivity index (χ4n) is 3.64. The molecule has 2 saturated heterocycles. The molecule has 17 heavy (non-hydrogen) atoms. The van der Waals surface area contributed by atoms with Gasteiger partial charge in [0.15, 0.2) is 0 Å². The van der Waals surface area contributed by atoms with E-state index in [-0.39, 0.29) is 0 Å². The highest BCUT2D eigenvalue weighted by Gasteiger charge is 2.46. The zero-order chi connectivity index (χ0) is 11.8. The maximum Gasteiger partial charge on any atom is 0.0844 e. The van der Waals surface area contributed by atoms with Gasteiger partial charge in [-0.05, 0) is 43.9 Å². The normalized spacial score (nSPS) is 47.6. The molecule has 2 heteroatoms. The van der Waals surface area contributed by atoms with Crippen LogP contribution in [-0.2, 0) is 9.47 Å². The molecular formula is C15H26O2. The first-order valence-electron chi connectivity index (χ1n) is 7.59. The topological polar surface area (TPSA) is 25.1 Å². The van der Waals surface area contributed by atoms with E-state index >= 15 is 0 Å². The van der Waals surface area contributed by atoms with Crippen molar-refractivity contribution in [1.29, 1.82) is 0 Å². The van der Waals surface area contributed by atoms with Crippen LogP contribution in [0, 0.1) is 11.8 Å². The lowest BCUT2D eigenvalue weighted by Gasteiger charge is -2.26. The van der Waals surface area contributed by atoms with E-state index in [4.69, 9.17) is 9.47 Å². The van der Waals surface area contributed by atoms with Crippen LogP contribution in [0.3, 0.4) is 0 Å². The minimum atomic E-state index is 0.610. The molecular weight excluding hydrogens is 212 g/mol. The summed E-state index contributed by atoms with van der Waals surface area (Å²) in [6, 6.07) is 0. The van der Waals surface area contributed by atoms with E-state index in [1.807, 2.05) is 0 Å². The maximum atomic E-state index is 5.68. The van der Waals surface area contributed by atoms with Crippen LogP contribution in [-0.4, -0.2) is 24.4 Å². The first kappa shape index (κ1) is 12.0. The summed E-state index contributed by atoms with van der Waals surface area (Å²) >= 11 is 0. The van der Waals surface area contributed by atoms with Crippen LogP contribution in [0.1, 0.15) is 58.8 Å². The fraction of sp³-hybridized carbons (Fsp3) is 1.00. The van der Waals surface area contributed by atoms with Crippen LogP contribution in [0.25, 0.3) is 0 Å². The van der Waals surface area contributed by atoms with Crippen molar-refractivity contribution in [3.05, 3.63) is 0 Å². The summed E-state index contributed by atoms with van der Waals surface area (Å²) in [5.41, 5.74) is 0. The van der Waals surface area contributed by atoms with Gasteiger partial charge in [-0.25, -0.2) is 0 Å². The van der Waals surface area contributed by atoms with Gasteiger partial charge in [-0.1, -0.05) is 26.7 Å². The summed E-state index contributed by atoms with van der Waals surface area (Å²) < 4.78 is 11.3. The SMILES string of the molecule is CCCC1OC1CCCC1CC2OC2CC1C. The molecule has 6 unspecified atom stereocenters. The van der Waals surface area contributed by atoms with E-state index < -0.39 is 0 Å². The van der Waals surface area contributed by atoms with Gasteiger partial charge in [0.05, 0.1) is 24.4 Å². The quantitative estimate of drug-likeness (QED) is 0.661. The highest BCUT2D eigenvalue weighted by Crippen LogP contribution is 2.44. The molecule has 0 aromatic carbocycles. The lowest BCUT2D eigenvalue weighted by Crippen LogP contribution is -2.22. The Bertz CT molecular complexity index is 266. The molecule has 3 fully saturated rings. The second-order valence-electron chi connectivity index (χ2n) is 6.35. The number of rotatable bonds is 6.